The first-order valence-corrected chi connectivity index (χ1v) is 12.6. The number of aliphatic hydroxyl groups is 1. The van der Waals surface area contributed by atoms with Crippen LogP contribution in [0.15, 0.2) is 29.0 Å². The van der Waals surface area contributed by atoms with Crippen molar-refractivity contribution in [1.82, 2.24) is 20.5 Å². The Hall–Kier alpha value is -2.68. The largest absolute Gasteiger partial charge is 0.512 e. The molecule has 3 amide bonds. The van der Waals surface area contributed by atoms with E-state index in [9.17, 15) is 19.5 Å². The van der Waals surface area contributed by atoms with Crippen LogP contribution in [0.1, 0.15) is 64.5 Å². The van der Waals surface area contributed by atoms with Crippen molar-refractivity contribution in [2.24, 2.45) is 5.41 Å². The van der Waals surface area contributed by atoms with Crippen molar-refractivity contribution in [1.29, 1.82) is 0 Å². The van der Waals surface area contributed by atoms with E-state index in [4.69, 9.17) is 0 Å². The summed E-state index contributed by atoms with van der Waals surface area (Å²) in [5, 5.41) is 15.8. The van der Waals surface area contributed by atoms with Gasteiger partial charge in [-0.25, -0.2) is 4.98 Å². The minimum atomic E-state index is -0.716. The molecule has 188 valence electrons. The smallest absolute Gasteiger partial charge is 0.246 e. The molecule has 1 aliphatic rings. The zero-order valence-corrected chi connectivity index (χ0v) is 21.9. The quantitative estimate of drug-likeness (QED) is 0.382. The van der Waals surface area contributed by atoms with E-state index in [-0.39, 0.29) is 30.0 Å². The molecule has 3 N–H and O–H groups in total. The molecule has 0 aliphatic carbocycles. The van der Waals surface area contributed by atoms with Gasteiger partial charge in [0.1, 0.15) is 12.1 Å². The number of likely N-dealkylation sites (tertiary alicyclic amines) is 1. The fourth-order valence-electron chi connectivity index (χ4n) is 3.92. The van der Waals surface area contributed by atoms with Crippen LogP contribution in [0.2, 0.25) is 0 Å². The summed E-state index contributed by atoms with van der Waals surface area (Å²) >= 11 is 1.58. The average molecular weight is 491 g/mol. The molecule has 2 heterocycles. The van der Waals surface area contributed by atoms with E-state index >= 15 is 0 Å². The number of thiazole rings is 1. The highest BCUT2D eigenvalue weighted by molar-refractivity contribution is 7.09. The number of hydrogen-bond donors (Lipinski definition) is 3. The lowest BCUT2D eigenvalue weighted by Crippen LogP contribution is -2.60. The molecule has 34 heavy (non-hydrogen) atoms. The van der Waals surface area contributed by atoms with Crippen LogP contribution in [0.4, 0.5) is 0 Å². The van der Waals surface area contributed by atoms with Crippen LogP contribution in [0, 0.1) is 12.3 Å². The molecule has 0 radical (unpaired) electrons. The molecule has 1 aliphatic heterocycles. The van der Waals surface area contributed by atoms with E-state index in [1.54, 1.807) is 28.7 Å². The molecule has 8 nitrogen and oxygen atoms in total. The highest BCUT2D eigenvalue weighted by atomic mass is 32.1. The molecule has 1 aromatic heterocycles. The second-order valence-corrected chi connectivity index (χ2v) is 10.8. The van der Waals surface area contributed by atoms with Crippen molar-refractivity contribution in [3.05, 3.63) is 39.6 Å². The van der Waals surface area contributed by atoms with Crippen LogP contribution in [-0.4, -0.2) is 57.9 Å². The first kappa shape index (κ1) is 27.6. The van der Waals surface area contributed by atoms with Crippen molar-refractivity contribution in [3.63, 3.8) is 0 Å². The van der Waals surface area contributed by atoms with Crippen LogP contribution in [-0.2, 0) is 20.8 Å². The summed E-state index contributed by atoms with van der Waals surface area (Å²) in [4.78, 5) is 45.2. The van der Waals surface area contributed by atoms with Gasteiger partial charge in [0.15, 0.2) is 0 Å². The number of aromatic nitrogens is 1. The molecule has 0 bridgehead atoms. The minimum absolute atomic E-state index is 0.132. The Morgan fingerprint density at radius 2 is 2.00 bits per heavy atom. The van der Waals surface area contributed by atoms with Crippen LogP contribution in [0.25, 0.3) is 0 Å². The number of hydrogen-bond acceptors (Lipinski definition) is 6. The standard InChI is InChI=1S/C25H38N4O4S/c1-16-21(34-15-27-16)12-9-10-19(17(2)30)14-26-23(32)20-11-7-8-13-29(20)24(33)22(25(4,5)6)28-18(3)31/h9-10,15,20,22,30H,7-8,11-14H2,1-6H3,(H,26,32)(H,28,31)/b10-9-,19-17-/t20?,22-/m1/s1. The molecule has 1 aromatic rings. The molecule has 2 rings (SSSR count). The molecule has 9 heteroatoms. The summed E-state index contributed by atoms with van der Waals surface area (Å²) in [6.45, 7) is 11.2. The zero-order valence-electron chi connectivity index (χ0n) is 21.1. The second kappa shape index (κ2) is 12.1. The molecular formula is C25H38N4O4S. The maximum Gasteiger partial charge on any atom is 0.246 e. The van der Waals surface area contributed by atoms with Gasteiger partial charge >= 0.3 is 0 Å². The highest BCUT2D eigenvalue weighted by Gasteiger charge is 2.40. The fraction of sp³-hybridized carbons (Fsp3) is 0.600. The number of rotatable bonds is 8. The van der Waals surface area contributed by atoms with Crippen LogP contribution in [0.5, 0.6) is 0 Å². The maximum absolute atomic E-state index is 13.4. The van der Waals surface area contributed by atoms with Gasteiger partial charge in [-0.2, -0.15) is 0 Å². The normalized spacial score (nSPS) is 18.4. The Labute approximate surface area is 206 Å². The molecule has 2 atom stereocenters. The maximum atomic E-state index is 13.4. The van der Waals surface area contributed by atoms with Gasteiger partial charge in [0.2, 0.25) is 17.7 Å². The molecule has 1 unspecified atom stereocenters. The number of amides is 3. The highest BCUT2D eigenvalue weighted by Crippen LogP contribution is 2.25. The summed E-state index contributed by atoms with van der Waals surface area (Å²) in [6, 6.07) is -1.32. The predicted molar refractivity (Wildman–Crippen MR) is 134 cm³/mol. The van der Waals surface area contributed by atoms with Crippen molar-refractivity contribution < 1.29 is 19.5 Å². The number of allylic oxidation sites excluding steroid dienone is 2. The van der Waals surface area contributed by atoms with Crippen molar-refractivity contribution in [2.75, 3.05) is 13.1 Å². The average Bonchev–Trinajstić information content (AvgIpc) is 3.17. The van der Waals surface area contributed by atoms with Crippen LogP contribution >= 0.6 is 11.3 Å². The third-order valence-electron chi connectivity index (χ3n) is 5.93. The first-order valence-electron chi connectivity index (χ1n) is 11.7. The topological polar surface area (TPSA) is 112 Å². The summed E-state index contributed by atoms with van der Waals surface area (Å²) in [5.74, 6) is -0.641. The van der Waals surface area contributed by atoms with E-state index in [2.05, 4.69) is 15.6 Å². The zero-order chi connectivity index (χ0) is 25.5. The Balaban J connectivity index is 2.08. The van der Waals surface area contributed by atoms with Crippen molar-refractivity contribution in [2.45, 2.75) is 79.3 Å². The first-order chi connectivity index (χ1) is 15.9. The van der Waals surface area contributed by atoms with Gasteiger partial charge in [0.25, 0.3) is 0 Å². The Bertz CT molecular complexity index is 941. The predicted octanol–water partition coefficient (Wildman–Crippen LogP) is 3.43. The van der Waals surface area contributed by atoms with Gasteiger partial charge in [0.05, 0.1) is 17.0 Å². The lowest BCUT2D eigenvalue weighted by Gasteiger charge is -2.40. The van der Waals surface area contributed by atoms with Crippen LogP contribution < -0.4 is 10.6 Å². The van der Waals surface area contributed by atoms with E-state index in [0.29, 0.717) is 25.0 Å². The number of aliphatic hydroxyl groups excluding tert-OH is 1. The lowest BCUT2D eigenvalue weighted by molar-refractivity contribution is -0.147. The second-order valence-electron chi connectivity index (χ2n) is 9.84. The number of carbonyl (C=O) groups is 3. The summed E-state index contributed by atoms with van der Waals surface area (Å²) in [7, 11) is 0. The van der Waals surface area contributed by atoms with Gasteiger partial charge in [-0.1, -0.05) is 32.9 Å². The van der Waals surface area contributed by atoms with Gasteiger partial charge in [-0.15, -0.1) is 11.3 Å². The van der Waals surface area contributed by atoms with Gasteiger partial charge in [-0.05, 0) is 38.5 Å². The van der Waals surface area contributed by atoms with E-state index in [1.165, 1.54) is 6.92 Å². The molecule has 0 saturated carbocycles. The SMILES string of the molecule is CC(=O)N[C@H](C(=O)N1CCCCC1C(=O)NCC(/C=C\Cc1scnc1C)=C(/C)O)C(C)(C)C. The summed E-state index contributed by atoms with van der Waals surface area (Å²) in [6.07, 6.45) is 6.67. The van der Waals surface area contributed by atoms with Crippen molar-refractivity contribution >= 4 is 29.1 Å². The van der Waals surface area contributed by atoms with Gasteiger partial charge < -0.3 is 20.6 Å². The Morgan fingerprint density at radius 1 is 1.29 bits per heavy atom. The molecule has 1 fully saturated rings. The van der Waals surface area contributed by atoms with E-state index in [1.807, 2.05) is 39.8 Å². The Morgan fingerprint density at radius 3 is 2.56 bits per heavy atom. The lowest BCUT2D eigenvalue weighted by atomic mass is 9.84. The van der Waals surface area contributed by atoms with Crippen molar-refractivity contribution in [3.8, 4) is 0 Å². The number of nitrogens with one attached hydrogen (secondary N) is 2. The number of piperidine rings is 1. The van der Waals surface area contributed by atoms with Gasteiger partial charge in [-0.3, -0.25) is 14.4 Å². The molecule has 0 aromatic carbocycles. The van der Waals surface area contributed by atoms with E-state index in [0.717, 1.165) is 23.4 Å². The number of aryl methyl sites for hydroxylation is 1. The molecule has 1 saturated heterocycles. The monoisotopic (exact) mass is 490 g/mol. The molecular weight excluding hydrogens is 452 g/mol. The number of carbonyl (C=O) groups excluding carboxylic acids is 3. The van der Waals surface area contributed by atoms with Gasteiger partial charge in [0, 0.05) is 36.9 Å². The van der Waals surface area contributed by atoms with E-state index < -0.39 is 17.5 Å². The van der Waals surface area contributed by atoms with Crippen LogP contribution in [0.3, 0.4) is 0 Å². The Kier molecular flexibility index (Phi) is 9.85. The minimum Gasteiger partial charge on any atom is -0.512 e. The fourth-order valence-corrected chi connectivity index (χ4v) is 4.68. The molecule has 0 spiro atoms. The third-order valence-corrected chi connectivity index (χ3v) is 6.89. The number of nitrogens with zero attached hydrogens (tertiary/aromatic N) is 2. The summed E-state index contributed by atoms with van der Waals surface area (Å²) in [5.41, 5.74) is 2.91. The third kappa shape index (κ3) is 7.68. The summed E-state index contributed by atoms with van der Waals surface area (Å²) < 4.78 is 0.